The summed E-state index contributed by atoms with van der Waals surface area (Å²) < 4.78 is 0. The predicted octanol–water partition coefficient (Wildman–Crippen LogP) is -0.689. The molecule has 2 aliphatic heterocycles. The summed E-state index contributed by atoms with van der Waals surface area (Å²) in [7, 11) is 0. The number of carbonyl (C=O) groups excluding carboxylic acids is 1. The molecular weight excluding hydrogens is 185 g/mol. The molecule has 0 bridgehead atoms. The first-order chi connectivity index (χ1) is 5.20. The van der Waals surface area contributed by atoms with Gasteiger partial charge in [-0.1, -0.05) is 6.08 Å². The summed E-state index contributed by atoms with van der Waals surface area (Å²) in [6, 6.07) is 0.147. The molecule has 1 saturated heterocycles. The van der Waals surface area contributed by atoms with Crippen LogP contribution >= 0.6 is 0 Å². The number of fused-ring (bicyclic) bond motifs is 1. The number of carboxylic acids is 1. The van der Waals surface area contributed by atoms with Gasteiger partial charge in [0.2, 0.25) is 5.91 Å². The molecule has 1 fully saturated rings. The van der Waals surface area contributed by atoms with Gasteiger partial charge >= 0.3 is 57.4 Å². The summed E-state index contributed by atoms with van der Waals surface area (Å²) in [6.07, 6.45) is 2.82. The first-order valence-electron chi connectivity index (χ1n) is 3.45. The van der Waals surface area contributed by atoms with Gasteiger partial charge in [0.25, 0.3) is 0 Å². The molecule has 5 heteroatoms. The van der Waals surface area contributed by atoms with Gasteiger partial charge in [0.1, 0.15) is 5.70 Å². The van der Waals surface area contributed by atoms with Crippen molar-refractivity contribution in [1.29, 1.82) is 0 Å². The fourth-order valence-corrected chi connectivity index (χ4v) is 1.54. The Labute approximate surface area is 112 Å². The Bertz CT molecular complexity index is 274. The third-order valence-electron chi connectivity index (χ3n) is 2.11. The molecule has 4 nitrogen and oxygen atoms in total. The number of rotatable bonds is 1. The van der Waals surface area contributed by atoms with Crippen LogP contribution in [-0.4, -0.2) is 79.3 Å². The molecule has 0 aromatic rings. The predicted molar refractivity (Wildman–Crippen MR) is 42.7 cm³/mol. The van der Waals surface area contributed by atoms with Crippen molar-refractivity contribution in [3.8, 4) is 0 Å². The Morgan fingerprint density at radius 2 is 2.33 bits per heavy atom. The zero-order valence-corrected chi connectivity index (χ0v) is 5.78. The Morgan fingerprint density at radius 1 is 1.67 bits per heavy atom. The van der Waals surface area contributed by atoms with Gasteiger partial charge in [-0.25, -0.2) is 4.79 Å². The van der Waals surface area contributed by atoms with Crippen molar-refractivity contribution < 1.29 is 14.7 Å². The molecule has 2 heterocycles. The Hall–Kier alpha value is 0.316. The molecule has 0 radical (unpaired) electrons. The molecule has 1 N–H and O–H groups in total. The Balaban J connectivity index is 0.000000720. The van der Waals surface area contributed by atoms with Crippen LogP contribution in [0.3, 0.4) is 0 Å². The molecule has 1 unspecified atom stereocenters. The molecule has 0 aromatic carbocycles. The van der Waals surface area contributed by atoms with Crippen molar-refractivity contribution in [2.45, 2.75) is 18.9 Å². The van der Waals surface area contributed by atoms with Crippen molar-refractivity contribution in [3.05, 3.63) is 11.8 Å². The van der Waals surface area contributed by atoms with Crippen LogP contribution in [0.5, 0.6) is 0 Å². The second-order valence-electron chi connectivity index (χ2n) is 2.75. The monoisotopic (exact) mass is 193 g/mol. The van der Waals surface area contributed by atoms with E-state index in [2.05, 4.69) is 0 Å². The van der Waals surface area contributed by atoms with Gasteiger partial charge in [-0.15, -0.1) is 0 Å². The van der Waals surface area contributed by atoms with Crippen LogP contribution in [0.25, 0.3) is 0 Å². The van der Waals surface area contributed by atoms with Gasteiger partial charge < -0.3 is 10.0 Å². The maximum absolute atomic E-state index is 10.8. The molecule has 60 valence electrons. The second-order valence-corrected chi connectivity index (χ2v) is 2.75. The number of hydrogen-bond donors (Lipinski definition) is 1. The molecule has 0 aromatic heterocycles. The minimum absolute atomic E-state index is 0. The average Bonchev–Trinajstić information content (AvgIpc) is 2.25. The van der Waals surface area contributed by atoms with Crippen molar-refractivity contribution in [1.82, 2.24) is 4.90 Å². The fourth-order valence-electron chi connectivity index (χ4n) is 1.54. The first-order valence-corrected chi connectivity index (χ1v) is 3.45. The van der Waals surface area contributed by atoms with Crippen LogP contribution in [0.4, 0.5) is 0 Å². The van der Waals surface area contributed by atoms with Gasteiger partial charge in [0.15, 0.2) is 0 Å². The zero-order valence-electron chi connectivity index (χ0n) is 5.78. The summed E-state index contributed by atoms with van der Waals surface area (Å²) in [5.41, 5.74) is 0.159. The Kier molecular flexibility index (Phi) is 3.11. The Morgan fingerprint density at radius 3 is 2.75 bits per heavy atom. The normalized spacial score (nSPS) is 25.3. The van der Waals surface area contributed by atoms with Crippen molar-refractivity contribution >= 4 is 63.3 Å². The van der Waals surface area contributed by atoms with Crippen LogP contribution in [0.1, 0.15) is 12.8 Å². The summed E-state index contributed by atoms with van der Waals surface area (Å²) in [5.74, 6) is -1.07. The van der Waals surface area contributed by atoms with E-state index in [1.165, 1.54) is 4.90 Å². The van der Waals surface area contributed by atoms with Crippen LogP contribution in [0, 0.1) is 0 Å². The summed E-state index contributed by atoms with van der Waals surface area (Å²) in [5, 5.41) is 8.59. The van der Waals surface area contributed by atoms with Gasteiger partial charge in [-0.2, -0.15) is 0 Å². The van der Waals surface area contributed by atoms with E-state index in [1.807, 2.05) is 0 Å². The molecule has 12 heavy (non-hydrogen) atoms. The van der Waals surface area contributed by atoms with Crippen molar-refractivity contribution in [2.75, 3.05) is 0 Å². The zero-order chi connectivity index (χ0) is 8.01. The van der Waals surface area contributed by atoms with Crippen molar-refractivity contribution in [2.24, 2.45) is 0 Å². The quantitative estimate of drug-likeness (QED) is 0.443. The van der Waals surface area contributed by atoms with Crippen molar-refractivity contribution in [3.63, 3.8) is 0 Å². The maximum atomic E-state index is 10.8. The third kappa shape index (κ3) is 1.40. The standard InChI is InChI=1S/C7H7NO3.K.H/c9-6-3-4-1-2-5(7(10)11)8(4)6;;/h2,4H,1,3H2,(H,10,11);;. The van der Waals surface area contributed by atoms with E-state index < -0.39 is 5.97 Å². The summed E-state index contributed by atoms with van der Waals surface area (Å²) in [6.45, 7) is 0. The molecule has 1 amide bonds. The third-order valence-corrected chi connectivity index (χ3v) is 2.11. The topological polar surface area (TPSA) is 57.6 Å². The number of amides is 1. The van der Waals surface area contributed by atoms with Crippen LogP contribution in [0.15, 0.2) is 11.8 Å². The number of aliphatic carboxylic acids is 1. The van der Waals surface area contributed by atoms with Gasteiger partial charge in [0, 0.05) is 12.5 Å². The van der Waals surface area contributed by atoms with Crippen LogP contribution in [-0.2, 0) is 9.59 Å². The number of β-lactam (4-membered cyclic amide) rings is 1. The molecule has 0 aliphatic carbocycles. The van der Waals surface area contributed by atoms with E-state index >= 15 is 0 Å². The summed E-state index contributed by atoms with van der Waals surface area (Å²) >= 11 is 0. The molecule has 2 aliphatic rings. The second kappa shape index (κ2) is 3.59. The average molecular weight is 193 g/mol. The minimum atomic E-state index is -0.999. The molecular formula is C7H8KNO3. The number of carboxylic acid groups (broad SMARTS) is 1. The fraction of sp³-hybridized carbons (Fsp3) is 0.429. The molecule has 1 atom stereocenters. The van der Waals surface area contributed by atoms with Crippen LogP contribution < -0.4 is 0 Å². The van der Waals surface area contributed by atoms with Crippen LogP contribution in [0.2, 0.25) is 0 Å². The van der Waals surface area contributed by atoms with E-state index in [1.54, 1.807) is 6.08 Å². The van der Waals surface area contributed by atoms with E-state index in [4.69, 9.17) is 5.11 Å². The van der Waals surface area contributed by atoms with E-state index in [9.17, 15) is 9.59 Å². The molecule has 0 saturated carbocycles. The van der Waals surface area contributed by atoms with E-state index in [0.29, 0.717) is 12.8 Å². The van der Waals surface area contributed by atoms with Gasteiger partial charge in [-0.05, 0) is 6.42 Å². The SMILES string of the molecule is O=C(O)C1=CCC2CC(=O)N12.[KH]. The summed E-state index contributed by atoms with van der Waals surface area (Å²) in [4.78, 5) is 22.7. The molecule has 2 rings (SSSR count). The first kappa shape index (κ1) is 10.4. The number of carbonyl (C=O) groups is 2. The van der Waals surface area contributed by atoms with Gasteiger partial charge in [-0.3, -0.25) is 4.79 Å². The van der Waals surface area contributed by atoms with E-state index in [0.717, 1.165) is 0 Å². The number of nitrogens with zero attached hydrogens (tertiary/aromatic N) is 1. The number of hydrogen-bond acceptors (Lipinski definition) is 2. The van der Waals surface area contributed by atoms with E-state index in [-0.39, 0.29) is 69.0 Å². The molecule has 0 spiro atoms. The van der Waals surface area contributed by atoms with Gasteiger partial charge in [0.05, 0.1) is 0 Å².